The van der Waals surface area contributed by atoms with Crippen LogP contribution in [0.15, 0.2) is 48.5 Å². The molecule has 6 heteroatoms. The third-order valence-electron chi connectivity index (χ3n) is 9.39. The molecule has 2 fully saturated rings. The minimum Gasteiger partial charge on any atom is -0.462 e. The SMILES string of the molecule is CCOC(=O)c1c(NC(=O)c2ccc3c(c2)C2C4CCC(C4)C2C(c2ccccc2)N3)sc2c1CCCC2. The van der Waals surface area contributed by atoms with Gasteiger partial charge in [0.2, 0.25) is 0 Å². The van der Waals surface area contributed by atoms with Crippen LogP contribution in [0.4, 0.5) is 10.7 Å². The molecule has 2 N–H and O–H groups in total. The normalized spacial score (nSPS) is 26.6. The van der Waals surface area contributed by atoms with Crippen molar-refractivity contribution in [1.82, 2.24) is 0 Å². The molecule has 1 aromatic heterocycles. The summed E-state index contributed by atoms with van der Waals surface area (Å²) in [7, 11) is 0. The molecule has 3 aromatic rings. The summed E-state index contributed by atoms with van der Waals surface area (Å²) in [4.78, 5) is 27.7. The number of nitrogens with one attached hydrogen (secondary N) is 2. The summed E-state index contributed by atoms with van der Waals surface area (Å²) in [5.74, 6) is 1.98. The van der Waals surface area contributed by atoms with Gasteiger partial charge in [-0.15, -0.1) is 11.3 Å². The van der Waals surface area contributed by atoms with Crippen molar-refractivity contribution in [3.8, 4) is 0 Å². The molecular formula is C32H34N2O3S. The first-order valence-corrected chi connectivity index (χ1v) is 15.0. The lowest BCUT2D eigenvalue weighted by Crippen LogP contribution is -2.35. The van der Waals surface area contributed by atoms with Gasteiger partial charge in [0.05, 0.1) is 18.2 Å². The maximum absolute atomic E-state index is 13.6. The second kappa shape index (κ2) is 9.57. The van der Waals surface area contributed by atoms with Crippen molar-refractivity contribution in [2.24, 2.45) is 17.8 Å². The molecule has 196 valence electrons. The lowest BCUT2D eigenvalue weighted by Gasteiger charge is -2.43. The largest absolute Gasteiger partial charge is 0.462 e. The minimum absolute atomic E-state index is 0.151. The van der Waals surface area contributed by atoms with Crippen LogP contribution in [0.2, 0.25) is 0 Å². The van der Waals surface area contributed by atoms with E-state index in [2.05, 4.69) is 53.1 Å². The fraction of sp³-hybridized carbons (Fsp3) is 0.438. The summed E-state index contributed by atoms with van der Waals surface area (Å²) in [5, 5.41) is 7.62. The number of carbonyl (C=O) groups excluding carboxylic acids is 2. The maximum atomic E-state index is 13.6. The molecule has 2 saturated carbocycles. The van der Waals surface area contributed by atoms with Crippen LogP contribution in [0.1, 0.15) is 93.3 Å². The minimum atomic E-state index is -0.325. The highest BCUT2D eigenvalue weighted by Gasteiger charge is 2.53. The molecule has 7 rings (SSSR count). The number of rotatable bonds is 5. The smallest absolute Gasteiger partial charge is 0.341 e. The number of thiophene rings is 1. The Morgan fingerprint density at radius 1 is 1.05 bits per heavy atom. The monoisotopic (exact) mass is 526 g/mol. The average molecular weight is 527 g/mol. The highest BCUT2D eigenvalue weighted by atomic mass is 32.1. The summed E-state index contributed by atoms with van der Waals surface area (Å²) in [6.07, 6.45) is 7.90. The molecule has 3 aliphatic carbocycles. The van der Waals surface area contributed by atoms with Crippen LogP contribution >= 0.6 is 11.3 Å². The maximum Gasteiger partial charge on any atom is 0.341 e. The molecule has 1 aliphatic heterocycles. The van der Waals surface area contributed by atoms with Crippen LogP contribution in [0, 0.1) is 17.8 Å². The van der Waals surface area contributed by atoms with Crippen molar-refractivity contribution < 1.29 is 14.3 Å². The number of aryl methyl sites for hydroxylation is 1. The Balaban J connectivity index is 1.21. The van der Waals surface area contributed by atoms with E-state index in [1.807, 2.05) is 13.0 Å². The van der Waals surface area contributed by atoms with Crippen molar-refractivity contribution in [2.75, 3.05) is 17.2 Å². The van der Waals surface area contributed by atoms with E-state index in [1.54, 1.807) is 11.3 Å². The number of benzene rings is 2. The molecule has 1 amide bonds. The van der Waals surface area contributed by atoms with E-state index in [1.165, 1.54) is 35.3 Å². The first kappa shape index (κ1) is 24.0. The predicted molar refractivity (Wildman–Crippen MR) is 151 cm³/mol. The first-order valence-electron chi connectivity index (χ1n) is 14.2. The van der Waals surface area contributed by atoms with E-state index in [0.29, 0.717) is 46.5 Å². The third kappa shape index (κ3) is 3.87. The number of anilines is 2. The lowest BCUT2D eigenvalue weighted by atomic mass is 9.68. The molecule has 38 heavy (non-hydrogen) atoms. The topological polar surface area (TPSA) is 67.4 Å². The Labute approximate surface area is 228 Å². The van der Waals surface area contributed by atoms with Gasteiger partial charge in [-0.2, -0.15) is 0 Å². The summed E-state index contributed by atoms with van der Waals surface area (Å²) in [6.45, 7) is 2.14. The predicted octanol–water partition coefficient (Wildman–Crippen LogP) is 7.35. The molecule has 5 nitrogen and oxygen atoms in total. The number of amides is 1. The fourth-order valence-corrected chi connectivity index (χ4v) is 9.14. The van der Waals surface area contributed by atoms with Gasteiger partial charge in [-0.3, -0.25) is 4.79 Å². The van der Waals surface area contributed by atoms with E-state index >= 15 is 0 Å². The van der Waals surface area contributed by atoms with Gasteiger partial charge in [0, 0.05) is 16.1 Å². The average Bonchev–Trinajstić information content (AvgIpc) is 3.66. The molecular weight excluding hydrogens is 492 g/mol. The zero-order chi connectivity index (χ0) is 25.8. The summed E-state index contributed by atoms with van der Waals surface area (Å²) in [6, 6.07) is 17.3. The molecule has 0 saturated heterocycles. The van der Waals surface area contributed by atoms with Crippen LogP contribution in [-0.4, -0.2) is 18.5 Å². The number of hydrogen-bond acceptors (Lipinski definition) is 5. The van der Waals surface area contributed by atoms with Crippen LogP contribution in [0.25, 0.3) is 0 Å². The second-order valence-electron chi connectivity index (χ2n) is 11.4. The Kier molecular flexibility index (Phi) is 6.03. The molecule has 0 spiro atoms. The summed E-state index contributed by atoms with van der Waals surface area (Å²) in [5.41, 5.74) is 6.10. The van der Waals surface area contributed by atoms with E-state index in [4.69, 9.17) is 4.74 Å². The molecule has 5 atom stereocenters. The van der Waals surface area contributed by atoms with Gasteiger partial charge >= 0.3 is 5.97 Å². The van der Waals surface area contributed by atoms with E-state index in [9.17, 15) is 9.59 Å². The van der Waals surface area contributed by atoms with Crippen molar-refractivity contribution in [3.63, 3.8) is 0 Å². The van der Waals surface area contributed by atoms with Crippen molar-refractivity contribution in [1.29, 1.82) is 0 Å². The lowest BCUT2D eigenvalue weighted by molar-refractivity contribution is 0.0526. The zero-order valence-electron chi connectivity index (χ0n) is 21.8. The first-order chi connectivity index (χ1) is 18.6. The highest BCUT2D eigenvalue weighted by molar-refractivity contribution is 7.17. The van der Waals surface area contributed by atoms with Gasteiger partial charge in [-0.05, 0) is 110 Å². The van der Waals surface area contributed by atoms with Crippen LogP contribution in [0.5, 0.6) is 0 Å². The molecule has 5 unspecified atom stereocenters. The van der Waals surface area contributed by atoms with Gasteiger partial charge in [0.25, 0.3) is 5.91 Å². The molecule has 0 radical (unpaired) electrons. The number of carbonyl (C=O) groups is 2. The Hall–Kier alpha value is -3.12. The zero-order valence-corrected chi connectivity index (χ0v) is 22.6. The molecule has 2 bridgehead atoms. The number of ether oxygens (including phenoxy) is 1. The third-order valence-corrected chi connectivity index (χ3v) is 10.6. The Morgan fingerprint density at radius 3 is 2.71 bits per heavy atom. The number of fused-ring (bicyclic) bond motifs is 8. The quantitative estimate of drug-likeness (QED) is 0.341. The van der Waals surface area contributed by atoms with Gasteiger partial charge in [0.15, 0.2) is 0 Å². The Morgan fingerprint density at radius 2 is 1.87 bits per heavy atom. The summed E-state index contributed by atoms with van der Waals surface area (Å²) < 4.78 is 5.38. The van der Waals surface area contributed by atoms with Gasteiger partial charge in [0.1, 0.15) is 5.00 Å². The van der Waals surface area contributed by atoms with Crippen molar-refractivity contribution in [2.45, 2.75) is 63.8 Å². The second-order valence-corrected chi connectivity index (χ2v) is 12.5. The van der Waals surface area contributed by atoms with Crippen molar-refractivity contribution >= 4 is 33.9 Å². The van der Waals surface area contributed by atoms with Crippen molar-refractivity contribution in [3.05, 3.63) is 81.2 Å². The summed E-state index contributed by atoms with van der Waals surface area (Å²) >= 11 is 1.55. The van der Waals surface area contributed by atoms with E-state index in [-0.39, 0.29) is 11.9 Å². The van der Waals surface area contributed by atoms with Crippen LogP contribution < -0.4 is 10.6 Å². The van der Waals surface area contributed by atoms with Crippen LogP contribution in [0.3, 0.4) is 0 Å². The fourth-order valence-electron chi connectivity index (χ4n) is 7.87. The molecule has 4 aliphatic rings. The standard InChI is InChI=1S/C32H34N2O3S/c1-2-37-32(36)28-22-10-6-7-11-25(22)38-31(28)34-30(35)21-14-15-24-23(17-21)26-19-12-13-20(16-19)27(26)29(33-24)18-8-4-3-5-9-18/h3-5,8-9,14-15,17,19-20,26-27,29,33H,2,6-7,10-13,16H2,1H3,(H,34,35). The van der Waals surface area contributed by atoms with Gasteiger partial charge in [-0.1, -0.05) is 30.3 Å². The molecule has 2 aromatic carbocycles. The van der Waals surface area contributed by atoms with Crippen LogP contribution in [-0.2, 0) is 17.6 Å². The number of esters is 1. The van der Waals surface area contributed by atoms with E-state index in [0.717, 1.165) is 42.9 Å². The number of hydrogen-bond donors (Lipinski definition) is 2. The van der Waals surface area contributed by atoms with E-state index < -0.39 is 0 Å². The molecule has 2 heterocycles. The van der Waals surface area contributed by atoms with Gasteiger partial charge in [-0.25, -0.2) is 4.79 Å². The van der Waals surface area contributed by atoms with Gasteiger partial charge < -0.3 is 15.4 Å². The Bertz CT molecular complexity index is 1400. The highest BCUT2D eigenvalue weighted by Crippen LogP contribution is 2.63.